The van der Waals surface area contributed by atoms with E-state index < -0.39 is 41.2 Å². The monoisotopic (exact) mass is 424 g/mol. The van der Waals surface area contributed by atoms with Gasteiger partial charge >= 0.3 is 12.1 Å². The largest absolute Gasteiger partial charge is 0.479 e. The van der Waals surface area contributed by atoms with Crippen molar-refractivity contribution in [3.05, 3.63) is 18.0 Å². The number of ether oxygens (including phenoxy) is 2. The van der Waals surface area contributed by atoms with E-state index in [1.807, 2.05) is 4.72 Å². The third-order valence-corrected chi connectivity index (χ3v) is 4.33. The van der Waals surface area contributed by atoms with E-state index in [1.165, 1.54) is 17.9 Å². The van der Waals surface area contributed by atoms with E-state index in [2.05, 4.69) is 10.1 Å². The molecule has 13 heteroatoms. The first-order valence-electron chi connectivity index (χ1n) is 8.10. The van der Waals surface area contributed by atoms with Crippen molar-refractivity contribution in [3.8, 4) is 5.75 Å². The lowest BCUT2D eigenvalue weighted by atomic mass is 10.2. The van der Waals surface area contributed by atoms with Crippen LogP contribution in [0.4, 0.5) is 13.2 Å². The molecule has 0 aliphatic heterocycles. The molecule has 2 heterocycles. The molecule has 0 aliphatic rings. The molecule has 2 aromatic heterocycles. The maximum absolute atomic E-state index is 13.5. The highest BCUT2D eigenvalue weighted by molar-refractivity contribution is 7.88. The van der Waals surface area contributed by atoms with Crippen molar-refractivity contribution in [1.82, 2.24) is 19.5 Å². The highest BCUT2D eigenvalue weighted by atomic mass is 32.2. The van der Waals surface area contributed by atoms with E-state index in [9.17, 15) is 26.4 Å². The molecular weight excluding hydrogens is 405 g/mol. The Morgan fingerprint density at radius 3 is 2.61 bits per heavy atom. The average molecular weight is 424 g/mol. The molecule has 156 valence electrons. The number of alkyl halides is 3. The molecule has 0 aliphatic carbocycles. The van der Waals surface area contributed by atoms with Gasteiger partial charge in [-0.3, -0.25) is 4.68 Å². The van der Waals surface area contributed by atoms with Gasteiger partial charge in [0.1, 0.15) is 11.3 Å². The lowest BCUT2D eigenvalue weighted by Gasteiger charge is -2.23. The Labute approximate surface area is 158 Å². The zero-order valence-corrected chi connectivity index (χ0v) is 16.1. The van der Waals surface area contributed by atoms with Gasteiger partial charge in [-0.15, -0.1) is 0 Å². The van der Waals surface area contributed by atoms with Gasteiger partial charge < -0.3 is 9.47 Å². The van der Waals surface area contributed by atoms with E-state index in [0.29, 0.717) is 0 Å². The van der Waals surface area contributed by atoms with Crippen molar-refractivity contribution in [2.75, 3.05) is 19.4 Å². The summed E-state index contributed by atoms with van der Waals surface area (Å²) in [6.45, 7) is 1.05. The minimum absolute atomic E-state index is 0.00429. The third-order valence-electron chi connectivity index (χ3n) is 3.60. The first kappa shape index (κ1) is 21.9. The van der Waals surface area contributed by atoms with Crippen LogP contribution in [-0.2, 0) is 21.8 Å². The van der Waals surface area contributed by atoms with Gasteiger partial charge in [0.2, 0.25) is 10.0 Å². The Kier molecular flexibility index (Phi) is 6.49. The van der Waals surface area contributed by atoms with Crippen molar-refractivity contribution in [2.45, 2.75) is 25.6 Å². The Hall–Kier alpha value is -2.41. The molecule has 0 unspecified atom stereocenters. The molecule has 0 saturated heterocycles. The Morgan fingerprint density at radius 2 is 2.04 bits per heavy atom. The van der Waals surface area contributed by atoms with Crippen LogP contribution in [0.1, 0.15) is 23.7 Å². The molecule has 28 heavy (non-hydrogen) atoms. The predicted octanol–water partition coefficient (Wildman–Crippen LogP) is 1.39. The van der Waals surface area contributed by atoms with Crippen LogP contribution in [0.2, 0.25) is 0 Å². The second kappa shape index (κ2) is 8.31. The molecule has 0 spiro atoms. The number of pyridine rings is 1. The summed E-state index contributed by atoms with van der Waals surface area (Å²) in [5, 5.41) is 4.01. The van der Waals surface area contributed by atoms with Gasteiger partial charge in [-0.2, -0.15) is 18.3 Å². The fourth-order valence-corrected chi connectivity index (χ4v) is 2.85. The van der Waals surface area contributed by atoms with Crippen LogP contribution in [0.3, 0.4) is 0 Å². The zero-order chi connectivity index (χ0) is 21.1. The summed E-state index contributed by atoms with van der Waals surface area (Å²) >= 11 is 0. The number of sulfonamides is 1. The standard InChI is InChI=1S/C15H19F3N4O5S/c1-4-26-14(23)10-7-19-13-9(8-20-22(13)2)12(10)27-11(15(16,17)18)5-6-21-28(3,24)25/h7-8,11,21H,4-6H2,1-3H3/t11-/m1/s1. The topological polar surface area (TPSA) is 112 Å². The number of nitrogens with zero attached hydrogens (tertiary/aromatic N) is 3. The van der Waals surface area contributed by atoms with Crippen LogP contribution >= 0.6 is 0 Å². The predicted molar refractivity (Wildman–Crippen MR) is 92.4 cm³/mol. The molecule has 0 fully saturated rings. The number of carbonyl (C=O) groups excluding carboxylic acids is 1. The Bertz CT molecular complexity index is 958. The maximum atomic E-state index is 13.5. The zero-order valence-electron chi connectivity index (χ0n) is 15.3. The van der Waals surface area contributed by atoms with E-state index >= 15 is 0 Å². The fourth-order valence-electron chi connectivity index (χ4n) is 2.36. The molecule has 2 aromatic rings. The lowest BCUT2D eigenvalue weighted by molar-refractivity contribution is -0.196. The van der Waals surface area contributed by atoms with Gasteiger partial charge in [-0.25, -0.2) is 22.9 Å². The summed E-state index contributed by atoms with van der Waals surface area (Å²) in [7, 11) is -2.14. The number of hydrogen-bond acceptors (Lipinski definition) is 7. The molecule has 9 nitrogen and oxygen atoms in total. The first-order valence-corrected chi connectivity index (χ1v) is 9.99. The smallest absolute Gasteiger partial charge is 0.425 e. The van der Waals surface area contributed by atoms with Gasteiger partial charge in [0.05, 0.1) is 24.4 Å². The number of aryl methyl sites for hydroxylation is 1. The van der Waals surface area contributed by atoms with Crippen molar-refractivity contribution >= 4 is 27.0 Å². The van der Waals surface area contributed by atoms with Crippen LogP contribution in [0, 0.1) is 0 Å². The second-order valence-corrected chi connectivity index (χ2v) is 7.66. The summed E-state index contributed by atoms with van der Waals surface area (Å²) < 4.78 is 75.9. The van der Waals surface area contributed by atoms with Crippen LogP contribution < -0.4 is 9.46 Å². The molecule has 0 saturated carbocycles. The molecule has 0 bridgehead atoms. The first-order chi connectivity index (χ1) is 12.9. The fraction of sp³-hybridized carbons (Fsp3) is 0.533. The number of halogens is 3. The minimum Gasteiger partial charge on any atom is -0.479 e. The van der Waals surface area contributed by atoms with E-state index in [0.717, 1.165) is 12.5 Å². The Balaban J connectivity index is 2.43. The van der Waals surface area contributed by atoms with Crippen molar-refractivity contribution < 1.29 is 35.9 Å². The molecular formula is C15H19F3N4O5S. The molecule has 0 aromatic carbocycles. The molecule has 1 atom stereocenters. The van der Waals surface area contributed by atoms with Crippen LogP contribution in [0.25, 0.3) is 11.0 Å². The normalized spacial score (nSPS) is 13.5. The van der Waals surface area contributed by atoms with Crippen LogP contribution in [-0.4, -0.2) is 60.8 Å². The number of fused-ring (bicyclic) bond motifs is 1. The minimum atomic E-state index is -4.82. The number of aromatic nitrogens is 3. The van der Waals surface area contributed by atoms with Gasteiger partial charge in [0, 0.05) is 26.2 Å². The average Bonchev–Trinajstić information content (AvgIpc) is 2.94. The molecule has 0 radical (unpaired) electrons. The van der Waals surface area contributed by atoms with E-state index in [1.54, 1.807) is 6.92 Å². The maximum Gasteiger partial charge on any atom is 0.425 e. The van der Waals surface area contributed by atoms with Gasteiger partial charge in [-0.1, -0.05) is 0 Å². The molecule has 1 N–H and O–H groups in total. The number of rotatable bonds is 8. The summed E-state index contributed by atoms with van der Waals surface area (Å²) in [4.78, 5) is 16.2. The molecule has 2 rings (SSSR count). The summed E-state index contributed by atoms with van der Waals surface area (Å²) in [6.07, 6.45) is -4.79. The van der Waals surface area contributed by atoms with Crippen molar-refractivity contribution in [1.29, 1.82) is 0 Å². The van der Waals surface area contributed by atoms with E-state index in [4.69, 9.17) is 9.47 Å². The quantitative estimate of drug-likeness (QED) is 0.638. The summed E-state index contributed by atoms with van der Waals surface area (Å²) in [5.41, 5.74) is -0.0779. The van der Waals surface area contributed by atoms with Crippen molar-refractivity contribution in [3.63, 3.8) is 0 Å². The van der Waals surface area contributed by atoms with E-state index in [-0.39, 0.29) is 29.0 Å². The number of hydrogen-bond donors (Lipinski definition) is 1. The van der Waals surface area contributed by atoms with Crippen LogP contribution in [0.15, 0.2) is 12.4 Å². The van der Waals surface area contributed by atoms with Gasteiger partial charge in [0.15, 0.2) is 11.8 Å². The highest BCUT2D eigenvalue weighted by Crippen LogP contribution is 2.34. The highest BCUT2D eigenvalue weighted by Gasteiger charge is 2.42. The summed E-state index contributed by atoms with van der Waals surface area (Å²) in [5.74, 6) is -1.27. The van der Waals surface area contributed by atoms with Gasteiger partial charge in [-0.05, 0) is 6.92 Å². The lowest BCUT2D eigenvalue weighted by Crippen LogP contribution is -2.38. The SMILES string of the molecule is CCOC(=O)c1cnc2c(cnn2C)c1O[C@H](CCNS(C)(=O)=O)C(F)(F)F. The number of esters is 1. The van der Waals surface area contributed by atoms with Gasteiger partial charge in [0.25, 0.3) is 0 Å². The number of nitrogens with one attached hydrogen (secondary N) is 1. The second-order valence-electron chi connectivity index (χ2n) is 5.83. The van der Waals surface area contributed by atoms with Crippen LogP contribution in [0.5, 0.6) is 5.75 Å². The summed E-state index contributed by atoms with van der Waals surface area (Å²) in [6, 6.07) is 0. The molecule has 0 amide bonds. The van der Waals surface area contributed by atoms with Crippen molar-refractivity contribution in [2.24, 2.45) is 7.05 Å². The number of carbonyl (C=O) groups is 1. The third kappa shape index (κ3) is 5.32. The Morgan fingerprint density at radius 1 is 1.36 bits per heavy atom.